The first-order chi connectivity index (χ1) is 18.6. The quantitative estimate of drug-likeness (QED) is 0.422. The summed E-state index contributed by atoms with van der Waals surface area (Å²) in [6.45, 7) is 9.22. The smallest absolute Gasteiger partial charge is 0.226 e. The number of nitrogens with one attached hydrogen (secondary N) is 2. The number of rotatable bonds is 5. The first-order valence-electron chi connectivity index (χ1n) is 13.8. The maximum Gasteiger partial charge on any atom is 0.226 e. The third-order valence-electron chi connectivity index (χ3n) is 8.67. The van der Waals surface area contributed by atoms with Crippen molar-refractivity contribution < 1.29 is 9.53 Å². The fourth-order valence-corrected chi connectivity index (χ4v) is 6.41. The Morgan fingerprint density at radius 3 is 2.63 bits per heavy atom. The molecule has 1 spiro atoms. The molecule has 0 bridgehead atoms. The van der Waals surface area contributed by atoms with E-state index in [0.29, 0.717) is 13.2 Å². The lowest BCUT2D eigenvalue weighted by atomic mass is 9.77. The van der Waals surface area contributed by atoms with Crippen LogP contribution in [-0.2, 0) is 22.6 Å². The van der Waals surface area contributed by atoms with Crippen LogP contribution in [0, 0.1) is 5.41 Å². The minimum Gasteiger partial charge on any atom is -0.378 e. The van der Waals surface area contributed by atoms with Crippen molar-refractivity contribution in [1.82, 2.24) is 34.7 Å². The number of piperidine rings is 1. The number of ether oxygens (including phenoxy) is 1. The molecule has 0 atom stereocenters. The number of anilines is 1. The third kappa shape index (κ3) is 3.85. The van der Waals surface area contributed by atoms with Crippen molar-refractivity contribution in [3.05, 3.63) is 36.3 Å². The second-order valence-corrected chi connectivity index (χ2v) is 10.7. The van der Waals surface area contributed by atoms with Gasteiger partial charge < -0.3 is 24.5 Å². The van der Waals surface area contributed by atoms with Crippen LogP contribution < -0.4 is 10.2 Å². The predicted octanol–water partition coefficient (Wildman–Crippen LogP) is 2.93. The Hall–Kier alpha value is -3.50. The summed E-state index contributed by atoms with van der Waals surface area (Å²) in [6, 6.07) is 8.30. The molecule has 3 fully saturated rings. The van der Waals surface area contributed by atoms with E-state index < -0.39 is 0 Å². The molecule has 0 saturated carbocycles. The lowest BCUT2D eigenvalue weighted by Gasteiger charge is -2.37. The lowest BCUT2D eigenvalue weighted by molar-refractivity contribution is -0.130. The molecule has 3 saturated heterocycles. The van der Waals surface area contributed by atoms with Gasteiger partial charge in [0.05, 0.1) is 25.2 Å². The minimum absolute atomic E-state index is 0.162. The van der Waals surface area contributed by atoms with Gasteiger partial charge in [0.1, 0.15) is 5.82 Å². The molecule has 1 amide bonds. The molecule has 38 heavy (non-hydrogen) atoms. The number of carbonyl (C=O) groups is 1. The number of nitrogens with zero attached hydrogens (tertiary/aromatic N) is 6. The summed E-state index contributed by atoms with van der Waals surface area (Å²) < 4.78 is 7.89. The number of aryl methyl sites for hydroxylation is 1. The van der Waals surface area contributed by atoms with Crippen LogP contribution in [0.4, 0.5) is 5.82 Å². The number of H-pyrrole nitrogens is 1. The van der Waals surface area contributed by atoms with E-state index in [1.165, 1.54) is 0 Å². The highest BCUT2D eigenvalue weighted by Crippen LogP contribution is 2.38. The van der Waals surface area contributed by atoms with Gasteiger partial charge in [0, 0.05) is 48.8 Å². The molecule has 198 valence electrons. The van der Waals surface area contributed by atoms with Crippen LogP contribution in [-0.4, -0.2) is 81.2 Å². The Balaban J connectivity index is 1.28. The zero-order valence-corrected chi connectivity index (χ0v) is 21.9. The SMILES string of the molecule is CCn1c(CN2CCC3(CCNC3=O)CC2)nc2c(N3CCOCC3)nc(-c3cccc4[nH]ccc34)nc21. The zero-order valence-electron chi connectivity index (χ0n) is 21.9. The van der Waals surface area contributed by atoms with Crippen LogP contribution >= 0.6 is 0 Å². The topological polar surface area (TPSA) is 104 Å². The molecule has 2 N–H and O–H groups in total. The summed E-state index contributed by atoms with van der Waals surface area (Å²) in [5.41, 5.74) is 3.66. The van der Waals surface area contributed by atoms with Crippen LogP contribution in [0.5, 0.6) is 0 Å². The molecule has 10 heteroatoms. The molecule has 6 heterocycles. The van der Waals surface area contributed by atoms with Crippen molar-refractivity contribution in [2.75, 3.05) is 50.8 Å². The van der Waals surface area contributed by atoms with E-state index in [0.717, 1.165) is 110 Å². The molecular formula is C28H34N8O2. The van der Waals surface area contributed by atoms with Crippen molar-refractivity contribution in [3.63, 3.8) is 0 Å². The highest BCUT2D eigenvalue weighted by Gasteiger charge is 2.44. The Kier molecular flexibility index (Phi) is 5.81. The molecule has 0 aliphatic carbocycles. The summed E-state index contributed by atoms with van der Waals surface area (Å²) in [5.74, 6) is 2.86. The van der Waals surface area contributed by atoms with Crippen molar-refractivity contribution in [2.24, 2.45) is 5.41 Å². The monoisotopic (exact) mass is 514 g/mol. The van der Waals surface area contributed by atoms with E-state index in [1.54, 1.807) is 0 Å². The van der Waals surface area contributed by atoms with Gasteiger partial charge in [-0.2, -0.15) is 0 Å². The number of hydrogen-bond donors (Lipinski definition) is 2. The number of amides is 1. The molecule has 10 nitrogen and oxygen atoms in total. The van der Waals surface area contributed by atoms with Crippen molar-refractivity contribution in [1.29, 1.82) is 0 Å². The van der Waals surface area contributed by atoms with Crippen LogP contribution in [0.15, 0.2) is 30.5 Å². The van der Waals surface area contributed by atoms with Gasteiger partial charge >= 0.3 is 0 Å². The van der Waals surface area contributed by atoms with Crippen molar-refractivity contribution in [2.45, 2.75) is 39.3 Å². The number of hydrogen-bond acceptors (Lipinski definition) is 7. The van der Waals surface area contributed by atoms with Gasteiger partial charge in [0.15, 0.2) is 22.8 Å². The standard InChI is InChI=1S/C28H34N8O2/c1-2-36-22(18-34-12-8-28(9-13-34)7-11-30-27(28)37)31-23-25(35-14-16-38-17-15-35)32-24(33-26(23)36)20-4-3-5-21-19(20)6-10-29-21/h3-6,10,29H,2,7-9,11-18H2,1H3,(H,30,37). The summed E-state index contributed by atoms with van der Waals surface area (Å²) >= 11 is 0. The van der Waals surface area contributed by atoms with Gasteiger partial charge in [-0.1, -0.05) is 12.1 Å². The molecular weight excluding hydrogens is 480 g/mol. The Morgan fingerprint density at radius 1 is 1.03 bits per heavy atom. The van der Waals surface area contributed by atoms with Crippen LogP contribution in [0.25, 0.3) is 33.5 Å². The highest BCUT2D eigenvalue weighted by molar-refractivity contribution is 5.95. The fourth-order valence-electron chi connectivity index (χ4n) is 6.41. The average Bonchev–Trinajstić information content (AvgIpc) is 3.67. The predicted molar refractivity (Wildman–Crippen MR) is 146 cm³/mol. The Bertz CT molecular complexity index is 1490. The van der Waals surface area contributed by atoms with E-state index in [-0.39, 0.29) is 11.3 Å². The molecule has 7 rings (SSSR count). The largest absolute Gasteiger partial charge is 0.378 e. The number of morpholine rings is 1. The number of fused-ring (bicyclic) bond motifs is 2. The van der Waals surface area contributed by atoms with E-state index in [9.17, 15) is 4.79 Å². The minimum atomic E-state index is -0.162. The summed E-state index contributed by atoms with van der Waals surface area (Å²) in [4.78, 5) is 35.9. The second kappa shape index (κ2) is 9.36. The first-order valence-corrected chi connectivity index (χ1v) is 13.8. The Morgan fingerprint density at radius 2 is 1.87 bits per heavy atom. The average molecular weight is 515 g/mol. The van der Waals surface area contributed by atoms with Gasteiger partial charge in [0.2, 0.25) is 5.91 Å². The molecule has 0 radical (unpaired) electrons. The number of imidazole rings is 1. The van der Waals surface area contributed by atoms with Gasteiger partial charge in [-0.25, -0.2) is 15.0 Å². The normalized spacial score (nSPS) is 20.1. The highest BCUT2D eigenvalue weighted by atomic mass is 16.5. The molecule has 3 aliphatic heterocycles. The summed E-state index contributed by atoms with van der Waals surface area (Å²) in [6.07, 6.45) is 4.74. The number of likely N-dealkylation sites (tertiary alicyclic amines) is 1. The van der Waals surface area contributed by atoms with Crippen LogP contribution in [0.1, 0.15) is 32.0 Å². The lowest BCUT2D eigenvalue weighted by Crippen LogP contribution is -2.43. The van der Waals surface area contributed by atoms with E-state index in [2.05, 4.69) is 49.8 Å². The van der Waals surface area contributed by atoms with Gasteiger partial charge in [-0.15, -0.1) is 0 Å². The van der Waals surface area contributed by atoms with E-state index in [4.69, 9.17) is 19.7 Å². The number of benzene rings is 1. The van der Waals surface area contributed by atoms with E-state index >= 15 is 0 Å². The number of aromatic nitrogens is 5. The Labute approximate surface area is 221 Å². The molecule has 0 unspecified atom stereocenters. The van der Waals surface area contributed by atoms with Gasteiger partial charge in [-0.05, 0) is 51.4 Å². The number of carbonyl (C=O) groups excluding carboxylic acids is 1. The summed E-state index contributed by atoms with van der Waals surface area (Å²) in [7, 11) is 0. The van der Waals surface area contributed by atoms with Crippen molar-refractivity contribution >= 4 is 33.8 Å². The first kappa shape index (κ1) is 23.6. The molecule has 3 aromatic heterocycles. The van der Waals surface area contributed by atoms with Crippen molar-refractivity contribution in [3.8, 4) is 11.4 Å². The number of aromatic amines is 1. The van der Waals surface area contributed by atoms with E-state index in [1.807, 2.05) is 12.3 Å². The molecule has 3 aliphatic rings. The van der Waals surface area contributed by atoms with Crippen LogP contribution in [0.2, 0.25) is 0 Å². The fraction of sp³-hybridized carbons (Fsp3) is 0.500. The molecule has 1 aromatic carbocycles. The van der Waals surface area contributed by atoms with Gasteiger partial charge in [-0.3, -0.25) is 9.69 Å². The second-order valence-electron chi connectivity index (χ2n) is 10.7. The summed E-state index contributed by atoms with van der Waals surface area (Å²) in [5, 5.41) is 4.15. The zero-order chi connectivity index (χ0) is 25.7. The van der Waals surface area contributed by atoms with Crippen LogP contribution in [0.3, 0.4) is 0 Å². The molecule has 4 aromatic rings. The maximum absolute atomic E-state index is 12.5. The van der Waals surface area contributed by atoms with Gasteiger partial charge in [0.25, 0.3) is 0 Å². The third-order valence-corrected chi connectivity index (χ3v) is 8.67. The maximum atomic E-state index is 12.5.